The number of nitrogens with one attached hydrogen (secondary N) is 1. The highest BCUT2D eigenvalue weighted by Crippen LogP contribution is 2.17. The minimum atomic E-state index is -0.210. The van der Waals surface area contributed by atoms with Gasteiger partial charge in [0, 0.05) is 6.54 Å². The molecule has 0 aliphatic carbocycles. The third-order valence-electron chi connectivity index (χ3n) is 3.06. The number of para-hydroxylation sites is 1. The topological polar surface area (TPSA) is 12.0 Å². The lowest BCUT2D eigenvalue weighted by Crippen LogP contribution is -2.03. The van der Waals surface area contributed by atoms with E-state index < -0.39 is 0 Å². The lowest BCUT2D eigenvalue weighted by molar-refractivity contribution is 0.630. The average molecular weight is 229 g/mol. The van der Waals surface area contributed by atoms with Gasteiger partial charge in [0.25, 0.3) is 0 Å². The van der Waals surface area contributed by atoms with Crippen molar-refractivity contribution in [1.29, 1.82) is 0 Å². The van der Waals surface area contributed by atoms with Crippen LogP contribution in [-0.4, -0.2) is 0 Å². The van der Waals surface area contributed by atoms with Gasteiger partial charge >= 0.3 is 0 Å². The van der Waals surface area contributed by atoms with Gasteiger partial charge in [0.2, 0.25) is 0 Å². The third-order valence-corrected chi connectivity index (χ3v) is 3.06. The van der Waals surface area contributed by atoms with Crippen molar-refractivity contribution in [2.24, 2.45) is 0 Å². The first-order chi connectivity index (χ1) is 8.18. The van der Waals surface area contributed by atoms with Crippen LogP contribution in [0.15, 0.2) is 42.5 Å². The molecule has 0 amide bonds. The predicted octanol–water partition coefficient (Wildman–Crippen LogP) is 4.05. The monoisotopic (exact) mass is 229 g/mol. The number of benzene rings is 2. The first-order valence-electron chi connectivity index (χ1n) is 5.72. The summed E-state index contributed by atoms with van der Waals surface area (Å²) in [6.45, 7) is 4.82. The molecule has 2 heteroatoms. The van der Waals surface area contributed by atoms with E-state index in [1.807, 2.05) is 12.1 Å². The minimum Gasteiger partial charge on any atom is -0.379 e. The zero-order chi connectivity index (χ0) is 12.3. The van der Waals surface area contributed by atoms with Crippen molar-refractivity contribution in [3.05, 3.63) is 65.0 Å². The Morgan fingerprint density at radius 1 is 1.00 bits per heavy atom. The molecule has 2 rings (SSSR count). The molecule has 0 unspecified atom stereocenters. The van der Waals surface area contributed by atoms with Gasteiger partial charge in [0.1, 0.15) is 5.82 Å². The Kier molecular flexibility index (Phi) is 3.43. The van der Waals surface area contributed by atoms with Crippen LogP contribution in [0.5, 0.6) is 0 Å². The minimum absolute atomic E-state index is 0.210. The fourth-order valence-electron chi connectivity index (χ4n) is 1.80. The van der Waals surface area contributed by atoms with Crippen molar-refractivity contribution in [3.63, 3.8) is 0 Å². The molecule has 0 aromatic heterocycles. The number of hydrogen-bond acceptors (Lipinski definition) is 1. The molecule has 0 heterocycles. The molecular formula is C15H16FN. The van der Waals surface area contributed by atoms with Gasteiger partial charge in [-0.2, -0.15) is 0 Å². The Morgan fingerprint density at radius 2 is 1.76 bits per heavy atom. The first-order valence-corrected chi connectivity index (χ1v) is 5.72. The van der Waals surface area contributed by atoms with Crippen LogP contribution in [0.1, 0.15) is 16.7 Å². The van der Waals surface area contributed by atoms with E-state index in [9.17, 15) is 4.39 Å². The van der Waals surface area contributed by atoms with Crippen molar-refractivity contribution >= 4 is 5.69 Å². The number of anilines is 1. The average Bonchev–Trinajstić information content (AvgIpc) is 2.33. The van der Waals surface area contributed by atoms with Gasteiger partial charge in [-0.1, -0.05) is 30.3 Å². The molecule has 1 N–H and O–H groups in total. The van der Waals surface area contributed by atoms with E-state index >= 15 is 0 Å². The van der Waals surface area contributed by atoms with Gasteiger partial charge < -0.3 is 5.32 Å². The fraction of sp³-hybridized carbons (Fsp3) is 0.200. The summed E-state index contributed by atoms with van der Waals surface area (Å²) in [6, 6.07) is 12.9. The molecule has 0 spiro atoms. The Labute approximate surface area is 101 Å². The number of halogens is 1. The van der Waals surface area contributed by atoms with Crippen LogP contribution in [0.4, 0.5) is 10.1 Å². The highest BCUT2D eigenvalue weighted by atomic mass is 19.1. The summed E-state index contributed by atoms with van der Waals surface area (Å²) in [5, 5.41) is 3.12. The third kappa shape index (κ3) is 2.64. The first kappa shape index (κ1) is 11.6. The van der Waals surface area contributed by atoms with Crippen LogP contribution >= 0.6 is 0 Å². The summed E-state index contributed by atoms with van der Waals surface area (Å²) in [4.78, 5) is 0. The van der Waals surface area contributed by atoms with Crippen molar-refractivity contribution in [2.75, 3.05) is 5.32 Å². The maximum atomic E-state index is 13.4. The summed E-state index contributed by atoms with van der Waals surface area (Å²) in [6.07, 6.45) is 0. The lowest BCUT2D eigenvalue weighted by atomic mass is 10.0. The largest absolute Gasteiger partial charge is 0.379 e. The molecule has 88 valence electrons. The smallest absolute Gasteiger partial charge is 0.146 e. The maximum absolute atomic E-state index is 13.4. The van der Waals surface area contributed by atoms with Crippen LogP contribution in [0.3, 0.4) is 0 Å². The second kappa shape index (κ2) is 5.00. The Morgan fingerprint density at radius 3 is 2.53 bits per heavy atom. The Bertz CT molecular complexity index is 520. The quantitative estimate of drug-likeness (QED) is 0.837. The van der Waals surface area contributed by atoms with E-state index in [1.165, 1.54) is 22.8 Å². The molecule has 0 aliphatic heterocycles. The van der Waals surface area contributed by atoms with Gasteiger partial charge in [0.05, 0.1) is 5.69 Å². The zero-order valence-corrected chi connectivity index (χ0v) is 10.1. The molecule has 2 aromatic rings. The van der Waals surface area contributed by atoms with Crippen LogP contribution < -0.4 is 5.32 Å². The Hall–Kier alpha value is -1.83. The molecule has 17 heavy (non-hydrogen) atoms. The molecule has 0 aliphatic rings. The number of hydrogen-bond donors (Lipinski definition) is 1. The van der Waals surface area contributed by atoms with Gasteiger partial charge in [-0.3, -0.25) is 0 Å². The van der Waals surface area contributed by atoms with Crippen LogP contribution in [0.2, 0.25) is 0 Å². The van der Waals surface area contributed by atoms with Crippen LogP contribution in [-0.2, 0) is 6.54 Å². The van der Waals surface area contributed by atoms with Gasteiger partial charge in [-0.15, -0.1) is 0 Å². The molecule has 0 fully saturated rings. The molecule has 0 atom stereocenters. The summed E-state index contributed by atoms with van der Waals surface area (Å²) >= 11 is 0. The normalized spacial score (nSPS) is 10.3. The summed E-state index contributed by atoms with van der Waals surface area (Å²) < 4.78 is 13.4. The molecule has 0 saturated carbocycles. The fourth-order valence-corrected chi connectivity index (χ4v) is 1.80. The summed E-state index contributed by atoms with van der Waals surface area (Å²) in [5.74, 6) is -0.210. The zero-order valence-electron chi connectivity index (χ0n) is 10.1. The number of rotatable bonds is 3. The second-order valence-corrected chi connectivity index (χ2v) is 4.19. The lowest BCUT2D eigenvalue weighted by Gasteiger charge is -2.11. The summed E-state index contributed by atoms with van der Waals surface area (Å²) in [5.41, 5.74) is 4.27. The summed E-state index contributed by atoms with van der Waals surface area (Å²) in [7, 11) is 0. The van der Waals surface area contributed by atoms with Gasteiger partial charge in [0.15, 0.2) is 0 Å². The van der Waals surface area contributed by atoms with Crippen molar-refractivity contribution < 1.29 is 4.39 Å². The number of aryl methyl sites for hydroxylation is 1. The van der Waals surface area contributed by atoms with Gasteiger partial charge in [-0.25, -0.2) is 4.39 Å². The van der Waals surface area contributed by atoms with Crippen molar-refractivity contribution in [2.45, 2.75) is 20.4 Å². The van der Waals surface area contributed by atoms with E-state index in [-0.39, 0.29) is 5.82 Å². The molecule has 0 saturated heterocycles. The van der Waals surface area contributed by atoms with E-state index in [0.29, 0.717) is 12.2 Å². The molecule has 0 radical (unpaired) electrons. The van der Waals surface area contributed by atoms with Crippen LogP contribution in [0, 0.1) is 19.7 Å². The van der Waals surface area contributed by atoms with Crippen LogP contribution in [0.25, 0.3) is 0 Å². The Balaban J connectivity index is 2.13. The van der Waals surface area contributed by atoms with Gasteiger partial charge in [-0.05, 0) is 42.7 Å². The SMILES string of the molecule is Cc1cccc(CNc2ccccc2F)c1C. The van der Waals surface area contributed by atoms with E-state index in [2.05, 4.69) is 31.3 Å². The standard InChI is InChI=1S/C15H16FN/c1-11-6-5-7-13(12(11)2)10-17-15-9-4-3-8-14(15)16/h3-9,17H,10H2,1-2H3. The van der Waals surface area contributed by atoms with Crippen molar-refractivity contribution in [3.8, 4) is 0 Å². The molecule has 0 bridgehead atoms. The van der Waals surface area contributed by atoms with E-state index in [1.54, 1.807) is 12.1 Å². The second-order valence-electron chi connectivity index (χ2n) is 4.19. The predicted molar refractivity (Wildman–Crippen MR) is 69.6 cm³/mol. The van der Waals surface area contributed by atoms with E-state index in [0.717, 1.165) is 0 Å². The van der Waals surface area contributed by atoms with E-state index in [4.69, 9.17) is 0 Å². The molecular weight excluding hydrogens is 213 g/mol. The van der Waals surface area contributed by atoms with Crippen molar-refractivity contribution in [1.82, 2.24) is 0 Å². The molecule has 1 nitrogen and oxygen atoms in total. The highest BCUT2D eigenvalue weighted by Gasteiger charge is 2.02. The maximum Gasteiger partial charge on any atom is 0.146 e. The highest BCUT2D eigenvalue weighted by molar-refractivity contribution is 5.46. The molecule has 2 aromatic carbocycles.